The number of nitrogens with zero attached hydrogens (tertiary/aromatic N) is 1. The fraction of sp³-hybridized carbons (Fsp3) is 0.400. The van der Waals surface area contributed by atoms with Crippen molar-refractivity contribution < 1.29 is 0 Å². The summed E-state index contributed by atoms with van der Waals surface area (Å²) in [6, 6.07) is 9.58. The monoisotopic (exact) mass is 384 g/mol. The highest BCUT2D eigenvalue weighted by atomic mass is 32.1. The van der Waals surface area contributed by atoms with Crippen molar-refractivity contribution >= 4 is 39.9 Å². The van der Waals surface area contributed by atoms with Gasteiger partial charge in [-0.2, -0.15) is 11.3 Å². The van der Waals surface area contributed by atoms with Crippen LogP contribution in [0.2, 0.25) is 0 Å². The zero-order chi connectivity index (χ0) is 18.3. The zero-order valence-corrected chi connectivity index (χ0v) is 16.5. The van der Waals surface area contributed by atoms with Crippen LogP contribution in [-0.4, -0.2) is 40.8 Å². The lowest BCUT2D eigenvalue weighted by molar-refractivity contribution is 0.157. The van der Waals surface area contributed by atoms with Crippen molar-refractivity contribution in [3.8, 4) is 11.1 Å². The maximum absolute atomic E-state index is 8.58. The van der Waals surface area contributed by atoms with Gasteiger partial charge in [0.2, 0.25) is 0 Å². The third-order valence-corrected chi connectivity index (χ3v) is 6.84. The third kappa shape index (κ3) is 3.29. The summed E-state index contributed by atoms with van der Waals surface area (Å²) in [7, 11) is 2.23. The summed E-state index contributed by atoms with van der Waals surface area (Å²) >= 11 is 7.23. The standard InChI is InChI=1S/C20H24N4S2/c1-24-15-3-4-16(24)10-14(9-15)23-20(25)19(22)17-8-12(2-5-18(17)21)13-6-7-26-11-13/h2,5-8,11,14-16,22H,3-4,9-10,21H2,1H3,(H,23,25). The van der Waals surface area contributed by atoms with E-state index in [9.17, 15) is 0 Å². The number of benzene rings is 1. The minimum Gasteiger partial charge on any atom is -0.398 e. The molecule has 0 spiro atoms. The molecule has 6 heteroatoms. The van der Waals surface area contributed by atoms with E-state index in [1.54, 1.807) is 11.3 Å². The number of nitrogens with one attached hydrogen (secondary N) is 2. The quantitative estimate of drug-likeness (QED) is 0.425. The predicted molar refractivity (Wildman–Crippen MR) is 114 cm³/mol. The second-order valence-corrected chi connectivity index (χ2v) is 8.57. The van der Waals surface area contributed by atoms with Crippen LogP contribution in [0, 0.1) is 5.41 Å². The molecule has 0 radical (unpaired) electrons. The first-order valence-corrected chi connectivity index (χ1v) is 10.4. The maximum Gasteiger partial charge on any atom is 0.125 e. The Hall–Kier alpha value is -1.76. The number of hydrogen-bond acceptors (Lipinski definition) is 5. The number of fused-ring (bicyclic) bond motifs is 2. The van der Waals surface area contributed by atoms with Crippen molar-refractivity contribution in [3.05, 3.63) is 40.6 Å². The number of thiophene rings is 1. The van der Waals surface area contributed by atoms with Crippen LogP contribution in [0.3, 0.4) is 0 Å². The van der Waals surface area contributed by atoms with Crippen LogP contribution in [0.15, 0.2) is 35.0 Å². The Labute approximate surface area is 163 Å². The van der Waals surface area contributed by atoms with Gasteiger partial charge in [-0.1, -0.05) is 18.3 Å². The van der Waals surface area contributed by atoms with Gasteiger partial charge in [0.1, 0.15) is 4.99 Å². The van der Waals surface area contributed by atoms with E-state index >= 15 is 0 Å². The van der Waals surface area contributed by atoms with Gasteiger partial charge in [-0.25, -0.2) is 0 Å². The topological polar surface area (TPSA) is 65.1 Å². The number of nitrogen functional groups attached to an aromatic ring is 1. The Morgan fingerprint density at radius 3 is 2.62 bits per heavy atom. The Bertz CT molecular complexity index is 816. The van der Waals surface area contributed by atoms with Gasteiger partial charge in [0.15, 0.2) is 0 Å². The molecule has 1 aromatic carbocycles. The lowest BCUT2D eigenvalue weighted by Crippen LogP contribution is -2.49. The summed E-state index contributed by atoms with van der Waals surface area (Å²) in [5.41, 5.74) is 10.0. The summed E-state index contributed by atoms with van der Waals surface area (Å²) in [6.45, 7) is 0. The molecule has 1 aromatic heterocycles. The molecule has 2 unspecified atom stereocenters. The minimum atomic E-state index is 0.320. The summed E-state index contributed by atoms with van der Waals surface area (Å²) in [6.07, 6.45) is 4.76. The van der Waals surface area contributed by atoms with Gasteiger partial charge in [-0.05, 0) is 72.8 Å². The lowest BCUT2D eigenvalue weighted by Gasteiger charge is -2.37. The van der Waals surface area contributed by atoms with E-state index in [0.717, 1.165) is 24.0 Å². The van der Waals surface area contributed by atoms with Crippen LogP contribution < -0.4 is 11.1 Å². The van der Waals surface area contributed by atoms with E-state index < -0.39 is 0 Å². The number of piperidine rings is 1. The number of nitrogens with two attached hydrogens (primary N) is 1. The van der Waals surface area contributed by atoms with Crippen molar-refractivity contribution in [2.45, 2.75) is 43.8 Å². The van der Waals surface area contributed by atoms with E-state index in [4.69, 9.17) is 23.4 Å². The van der Waals surface area contributed by atoms with E-state index in [2.05, 4.69) is 34.1 Å². The molecule has 2 aliphatic rings. The smallest absolute Gasteiger partial charge is 0.125 e. The highest BCUT2D eigenvalue weighted by Gasteiger charge is 2.38. The highest BCUT2D eigenvalue weighted by Crippen LogP contribution is 2.34. The lowest BCUT2D eigenvalue weighted by atomic mass is 9.97. The average molecular weight is 385 g/mol. The number of thiocarbonyl (C=S) groups is 1. The Balaban J connectivity index is 1.49. The minimum absolute atomic E-state index is 0.320. The van der Waals surface area contributed by atoms with Gasteiger partial charge in [-0.15, -0.1) is 0 Å². The Morgan fingerprint density at radius 1 is 1.23 bits per heavy atom. The summed E-state index contributed by atoms with van der Waals surface area (Å²) in [5, 5.41) is 16.2. The molecular formula is C20H24N4S2. The van der Waals surface area contributed by atoms with Crippen molar-refractivity contribution in [3.63, 3.8) is 0 Å². The molecule has 0 saturated carbocycles. The van der Waals surface area contributed by atoms with Crippen molar-refractivity contribution in [2.75, 3.05) is 12.8 Å². The molecular weight excluding hydrogens is 360 g/mol. The molecule has 3 heterocycles. The second kappa shape index (κ2) is 7.10. The molecule has 4 N–H and O–H groups in total. The SMILES string of the molecule is CN1C2CCC1CC(NC(=S)C(=N)c1cc(-c3ccsc3)ccc1N)C2. The van der Waals surface area contributed by atoms with Crippen molar-refractivity contribution in [1.82, 2.24) is 10.2 Å². The molecule has 2 aromatic rings. The fourth-order valence-electron chi connectivity index (χ4n) is 4.29. The molecule has 0 aliphatic carbocycles. The molecule has 2 atom stereocenters. The highest BCUT2D eigenvalue weighted by molar-refractivity contribution is 7.82. The van der Waals surface area contributed by atoms with Gasteiger partial charge in [0.25, 0.3) is 0 Å². The van der Waals surface area contributed by atoms with Gasteiger partial charge >= 0.3 is 0 Å². The normalized spacial score (nSPS) is 25.2. The van der Waals surface area contributed by atoms with E-state index in [-0.39, 0.29) is 0 Å². The first kappa shape index (κ1) is 17.6. The molecule has 2 fully saturated rings. The maximum atomic E-state index is 8.58. The first-order valence-electron chi connectivity index (χ1n) is 9.06. The van der Waals surface area contributed by atoms with Crippen molar-refractivity contribution in [1.29, 1.82) is 5.41 Å². The van der Waals surface area contributed by atoms with Crippen LogP contribution in [-0.2, 0) is 0 Å². The van der Waals surface area contributed by atoms with Crippen LogP contribution in [0.5, 0.6) is 0 Å². The van der Waals surface area contributed by atoms with Crippen LogP contribution in [0.4, 0.5) is 5.69 Å². The Kier molecular flexibility index (Phi) is 4.82. The van der Waals surface area contributed by atoms with E-state index in [1.165, 1.54) is 12.8 Å². The molecule has 2 bridgehead atoms. The summed E-state index contributed by atoms with van der Waals surface area (Å²) in [4.78, 5) is 3.02. The number of anilines is 1. The molecule has 4 nitrogen and oxygen atoms in total. The van der Waals surface area contributed by atoms with Gasteiger partial charge < -0.3 is 16.0 Å². The van der Waals surface area contributed by atoms with Gasteiger partial charge in [0, 0.05) is 29.4 Å². The molecule has 26 heavy (non-hydrogen) atoms. The summed E-state index contributed by atoms with van der Waals surface area (Å²) in [5.74, 6) is 0. The van der Waals surface area contributed by atoms with Crippen molar-refractivity contribution in [2.24, 2.45) is 0 Å². The number of hydrogen-bond donors (Lipinski definition) is 3. The third-order valence-electron chi connectivity index (χ3n) is 5.84. The van der Waals surface area contributed by atoms with Crippen LogP contribution in [0.25, 0.3) is 11.1 Å². The van der Waals surface area contributed by atoms with Crippen LogP contribution >= 0.6 is 23.6 Å². The number of rotatable bonds is 4. The molecule has 2 saturated heterocycles. The van der Waals surface area contributed by atoms with Crippen LogP contribution in [0.1, 0.15) is 31.2 Å². The average Bonchev–Trinajstić information content (AvgIpc) is 3.22. The van der Waals surface area contributed by atoms with E-state index in [1.807, 2.05) is 18.2 Å². The summed E-state index contributed by atoms with van der Waals surface area (Å²) < 4.78 is 0. The van der Waals surface area contributed by atoms with Gasteiger partial charge in [-0.3, -0.25) is 5.41 Å². The molecule has 4 rings (SSSR count). The molecule has 2 aliphatic heterocycles. The Morgan fingerprint density at radius 2 is 1.96 bits per heavy atom. The molecule has 136 valence electrons. The largest absolute Gasteiger partial charge is 0.398 e. The second-order valence-electron chi connectivity index (χ2n) is 7.38. The van der Waals surface area contributed by atoms with E-state index in [0.29, 0.717) is 40.1 Å². The van der Waals surface area contributed by atoms with Gasteiger partial charge in [0.05, 0.1) is 5.71 Å². The fourth-order valence-corrected chi connectivity index (χ4v) is 5.23. The predicted octanol–water partition coefficient (Wildman–Crippen LogP) is 3.91. The molecule has 0 amide bonds. The zero-order valence-electron chi connectivity index (χ0n) is 14.9. The first-order chi connectivity index (χ1) is 12.5.